The highest BCUT2D eigenvalue weighted by Crippen LogP contribution is 2.34. The predicted octanol–water partition coefficient (Wildman–Crippen LogP) is 9.49. The summed E-state index contributed by atoms with van der Waals surface area (Å²) >= 11 is 0. The number of benzene rings is 3. The maximum Gasteiger partial charge on any atom is 0.167 e. The van der Waals surface area contributed by atoms with Crippen LogP contribution in [0.2, 0.25) is 0 Å². The standard InChI is InChI=1S/C40H53N3O4/c1-6-7-8-9-10-11-12-13-14-15-22-46-26-32(44)27-47-33-18-21-36(37(45)25-33)40-42-38(34-19-16-28(2)23-30(34)4)41-39(43-40)35-20-17-29(3)24-31(35)5/h16-21,23-25,32,44-45H,6-15,22,26-27H2,1-5H3. The van der Waals surface area contributed by atoms with Crippen LogP contribution >= 0.6 is 0 Å². The molecule has 0 saturated carbocycles. The van der Waals surface area contributed by atoms with Gasteiger partial charge in [-0.05, 0) is 57.4 Å². The van der Waals surface area contributed by atoms with Crippen LogP contribution in [-0.2, 0) is 4.74 Å². The summed E-state index contributed by atoms with van der Waals surface area (Å²) in [5.74, 6) is 1.89. The minimum atomic E-state index is -0.760. The number of aryl methyl sites for hydroxylation is 4. The van der Waals surface area contributed by atoms with E-state index >= 15 is 0 Å². The Morgan fingerprint density at radius 2 is 1.09 bits per heavy atom. The highest BCUT2D eigenvalue weighted by atomic mass is 16.5. The first-order chi connectivity index (χ1) is 22.7. The van der Waals surface area contributed by atoms with Crippen LogP contribution in [0.1, 0.15) is 93.4 Å². The Morgan fingerprint density at radius 3 is 1.60 bits per heavy atom. The number of ether oxygens (including phenoxy) is 2. The fourth-order valence-electron chi connectivity index (χ4n) is 5.81. The summed E-state index contributed by atoms with van der Waals surface area (Å²) in [5.41, 5.74) is 6.74. The quantitative estimate of drug-likeness (QED) is 0.0986. The molecule has 0 spiro atoms. The minimum absolute atomic E-state index is 0.0152. The largest absolute Gasteiger partial charge is 0.507 e. The van der Waals surface area contributed by atoms with Crippen molar-refractivity contribution in [1.29, 1.82) is 0 Å². The van der Waals surface area contributed by atoms with E-state index in [1.54, 1.807) is 12.1 Å². The van der Waals surface area contributed by atoms with Gasteiger partial charge in [-0.1, -0.05) is 112 Å². The normalized spacial score (nSPS) is 12.0. The Labute approximate surface area is 281 Å². The van der Waals surface area contributed by atoms with E-state index in [2.05, 4.69) is 32.9 Å². The van der Waals surface area contributed by atoms with Crippen molar-refractivity contribution in [2.24, 2.45) is 0 Å². The van der Waals surface area contributed by atoms with E-state index in [1.165, 1.54) is 57.4 Å². The third-order valence-corrected chi connectivity index (χ3v) is 8.49. The molecule has 1 atom stereocenters. The smallest absolute Gasteiger partial charge is 0.167 e. The van der Waals surface area contributed by atoms with E-state index in [0.29, 0.717) is 35.4 Å². The number of phenols is 1. The number of rotatable bonds is 19. The van der Waals surface area contributed by atoms with Gasteiger partial charge in [0.25, 0.3) is 0 Å². The molecule has 4 aromatic rings. The molecular weight excluding hydrogens is 586 g/mol. The van der Waals surface area contributed by atoms with E-state index in [9.17, 15) is 10.2 Å². The lowest BCUT2D eigenvalue weighted by Gasteiger charge is -2.14. The van der Waals surface area contributed by atoms with Crippen LogP contribution in [0.3, 0.4) is 0 Å². The van der Waals surface area contributed by atoms with E-state index in [0.717, 1.165) is 46.2 Å². The number of aromatic nitrogens is 3. The zero-order chi connectivity index (χ0) is 33.6. The molecule has 0 aliphatic rings. The van der Waals surface area contributed by atoms with Crippen molar-refractivity contribution >= 4 is 0 Å². The molecule has 1 unspecified atom stereocenters. The number of aliphatic hydroxyl groups excluding tert-OH is 1. The van der Waals surface area contributed by atoms with Gasteiger partial charge in [0.2, 0.25) is 0 Å². The molecule has 2 N–H and O–H groups in total. The van der Waals surface area contributed by atoms with Crippen molar-refractivity contribution in [3.8, 4) is 45.7 Å². The molecule has 1 aromatic heterocycles. The molecule has 0 aliphatic heterocycles. The minimum Gasteiger partial charge on any atom is -0.507 e. The number of hydrogen-bond acceptors (Lipinski definition) is 7. The summed E-state index contributed by atoms with van der Waals surface area (Å²) in [6.07, 6.45) is 12.0. The number of nitrogens with zero attached hydrogens (tertiary/aromatic N) is 3. The molecule has 7 nitrogen and oxygen atoms in total. The van der Waals surface area contributed by atoms with Crippen molar-refractivity contribution in [1.82, 2.24) is 15.0 Å². The van der Waals surface area contributed by atoms with Gasteiger partial charge in [-0.15, -0.1) is 0 Å². The van der Waals surface area contributed by atoms with Crippen LogP contribution in [0.15, 0.2) is 54.6 Å². The van der Waals surface area contributed by atoms with E-state index in [-0.39, 0.29) is 19.0 Å². The number of phenolic OH excluding ortho intramolecular Hbond substituents is 1. The van der Waals surface area contributed by atoms with Gasteiger partial charge in [-0.3, -0.25) is 0 Å². The molecule has 47 heavy (non-hydrogen) atoms. The Hall–Kier alpha value is -3.81. The van der Waals surface area contributed by atoms with Gasteiger partial charge in [0.1, 0.15) is 24.2 Å². The molecule has 4 rings (SSSR count). The zero-order valence-corrected chi connectivity index (χ0v) is 29.0. The number of hydrogen-bond donors (Lipinski definition) is 2. The van der Waals surface area contributed by atoms with E-state index in [1.807, 2.05) is 38.1 Å². The Bertz CT molecular complexity index is 1500. The third kappa shape index (κ3) is 11.1. The number of aromatic hydroxyl groups is 1. The molecule has 7 heteroatoms. The SMILES string of the molecule is CCCCCCCCCCCCOCC(O)COc1ccc(-c2nc(-c3ccc(C)cc3C)nc(-c3ccc(C)cc3C)n2)c(O)c1. The summed E-state index contributed by atoms with van der Waals surface area (Å²) < 4.78 is 11.5. The zero-order valence-electron chi connectivity index (χ0n) is 29.0. The summed E-state index contributed by atoms with van der Waals surface area (Å²) in [4.78, 5) is 14.5. The van der Waals surface area contributed by atoms with E-state index < -0.39 is 6.10 Å². The van der Waals surface area contributed by atoms with Crippen molar-refractivity contribution in [3.63, 3.8) is 0 Å². The molecule has 252 valence electrons. The second-order valence-electron chi connectivity index (χ2n) is 12.8. The lowest BCUT2D eigenvalue weighted by atomic mass is 10.0. The van der Waals surface area contributed by atoms with Gasteiger partial charge in [0, 0.05) is 23.8 Å². The Morgan fingerprint density at radius 1 is 0.596 bits per heavy atom. The Balaban J connectivity index is 1.35. The molecule has 0 bridgehead atoms. The molecule has 0 saturated heterocycles. The molecule has 0 aliphatic carbocycles. The van der Waals surface area contributed by atoms with E-state index in [4.69, 9.17) is 24.4 Å². The maximum atomic E-state index is 11.1. The van der Waals surface area contributed by atoms with Crippen LogP contribution in [0.25, 0.3) is 34.2 Å². The van der Waals surface area contributed by atoms with Gasteiger partial charge in [-0.2, -0.15) is 0 Å². The molecule has 0 fully saturated rings. The van der Waals surface area contributed by atoms with Crippen molar-refractivity contribution in [3.05, 3.63) is 76.9 Å². The second-order valence-corrected chi connectivity index (χ2v) is 12.8. The third-order valence-electron chi connectivity index (χ3n) is 8.49. The first-order valence-electron chi connectivity index (χ1n) is 17.4. The summed E-state index contributed by atoms with van der Waals surface area (Å²) in [7, 11) is 0. The fourth-order valence-corrected chi connectivity index (χ4v) is 5.81. The van der Waals surface area contributed by atoms with Crippen molar-refractivity contribution in [2.45, 2.75) is 105 Å². The van der Waals surface area contributed by atoms with Crippen LogP contribution in [0, 0.1) is 27.7 Å². The van der Waals surface area contributed by atoms with Crippen LogP contribution in [-0.4, -0.2) is 51.1 Å². The van der Waals surface area contributed by atoms with Gasteiger partial charge >= 0.3 is 0 Å². The summed E-state index contributed by atoms with van der Waals surface area (Å²) in [6, 6.07) is 17.4. The maximum absolute atomic E-state index is 11.1. The Kier molecular flexibility index (Phi) is 14.2. The van der Waals surface area contributed by atoms with Gasteiger partial charge < -0.3 is 19.7 Å². The summed E-state index contributed by atoms with van der Waals surface area (Å²) in [6.45, 7) is 11.4. The second kappa shape index (κ2) is 18.5. The molecule has 3 aromatic carbocycles. The van der Waals surface area contributed by atoms with Crippen molar-refractivity contribution < 1.29 is 19.7 Å². The predicted molar refractivity (Wildman–Crippen MR) is 191 cm³/mol. The van der Waals surface area contributed by atoms with Gasteiger partial charge in [0.15, 0.2) is 17.5 Å². The van der Waals surface area contributed by atoms with Crippen LogP contribution in [0.5, 0.6) is 11.5 Å². The number of aliphatic hydroxyl groups is 1. The molecular formula is C40H53N3O4. The lowest BCUT2D eigenvalue weighted by molar-refractivity contribution is 0.0109. The van der Waals surface area contributed by atoms with Gasteiger partial charge in [-0.25, -0.2) is 15.0 Å². The highest BCUT2D eigenvalue weighted by molar-refractivity contribution is 5.72. The highest BCUT2D eigenvalue weighted by Gasteiger charge is 2.18. The molecule has 0 radical (unpaired) electrons. The molecule has 0 amide bonds. The van der Waals surface area contributed by atoms with Crippen molar-refractivity contribution in [2.75, 3.05) is 19.8 Å². The topological polar surface area (TPSA) is 97.6 Å². The molecule has 1 heterocycles. The average molecular weight is 640 g/mol. The average Bonchev–Trinajstić information content (AvgIpc) is 3.04. The number of unbranched alkanes of at least 4 members (excludes halogenated alkanes) is 9. The summed E-state index contributed by atoms with van der Waals surface area (Å²) in [5, 5.41) is 21.5. The first kappa shape index (κ1) is 36.0. The van der Waals surface area contributed by atoms with Gasteiger partial charge in [0.05, 0.1) is 12.2 Å². The lowest BCUT2D eigenvalue weighted by Crippen LogP contribution is -2.23. The first-order valence-corrected chi connectivity index (χ1v) is 17.4. The fraction of sp³-hybridized carbons (Fsp3) is 0.475. The monoisotopic (exact) mass is 639 g/mol. The van der Waals surface area contributed by atoms with Crippen LogP contribution < -0.4 is 4.74 Å². The van der Waals surface area contributed by atoms with Crippen LogP contribution in [0.4, 0.5) is 0 Å².